The molecule has 0 N–H and O–H groups in total. The second kappa shape index (κ2) is 8.53. The van der Waals surface area contributed by atoms with Crippen LogP contribution in [0, 0.1) is 12.7 Å². The summed E-state index contributed by atoms with van der Waals surface area (Å²) < 4.78 is 28.6. The van der Waals surface area contributed by atoms with Gasteiger partial charge in [0, 0.05) is 50.8 Å². The SMILES string of the molecule is Cc1ccc(CN(C)CC2(F)CCN(C(=O)c3ccc(F)c(Cl)c3)CC2)nc1. The van der Waals surface area contributed by atoms with E-state index >= 15 is 4.39 Å². The number of carbonyl (C=O) groups is 1. The number of hydrogen-bond acceptors (Lipinski definition) is 3. The third-order valence-corrected chi connectivity index (χ3v) is 5.36. The molecule has 28 heavy (non-hydrogen) atoms. The number of halogens is 3. The van der Waals surface area contributed by atoms with Crippen LogP contribution in [-0.2, 0) is 6.54 Å². The minimum Gasteiger partial charge on any atom is -0.338 e. The topological polar surface area (TPSA) is 36.4 Å². The van der Waals surface area contributed by atoms with Crippen LogP contribution in [0.5, 0.6) is 0 Å². The Morgan fingerprint density at radius 2 is 2.00 bits per heavy atom. The number of hydrogen-bond donors (Lipinski definition) is 0. The van der Waals surface area contributed by atoms with E-state index in [1.54, 1.807) is 11.1 Å². The van der Waals surface area contributed by atoms with E-state index in [4.69, 9.17) is 11.6 Å². The third-order valence-electron chi connectivity index (χ3n) is 5.07. The summed E-state index contributed by atoms with van der Waals surface area (Å²) in [4.78, 5) is 20.5. The molecular formula is C21H24ClF2N3O. The Morgan fingerprint density at radius 3 is 2.61 bits per heavy atom. The van der Waals surface area contributed by atoms with Crippen molar-refractivity contribution in [2.24, 2.45) is 0 Å². The van der Waals surface area contributed by atoms with E-state index in [0.717, 1.165) is 11.3 Å². The first-order chi connectivity index (χ1) is 13.3. The van der Waals surface area contributed by atoms with Crippen molar-refractivity contribution < 1.29 is 13.6 Å². The molecule has 3 rings (SSSR count). The van der Waals surface area contributed by atoms with Gasteiger partial charge in [0.2, 0.25) is 0 Å². The number of nitrogens with zero attached hydrogens (tertiary/aromatic N) is 3. The van der Waals surface area contributed by atoms with Crippen LogP contribution in [0.3, 0.4) is 0 Å². The number of rotatable bonds is 5. The average molecular weight is 408 g/mol. The van der Waals surface area contributed by atoms with Gasteiger partial charge in [0.25, 0.3) is 5.91 Å². The molecule has 0 unspecified atom stereocenters. The van der Waals surface area contributed by atoms with E-state index in [0.29, 0.717) is 25.2 Å². The van der Waals surface area contributed by atoms with Crippen molar-refractivity contribution >= 4 is 17.5 Å². The fourth-order valence-corrected chi connectivity index (χ4v) is 3.67. The van der Waals surface area contributed by atoms with Crippen LogP contribution in [0.15, 0.2) is 36.5 Å². The molecule has 1 aliphatic heterocycles. The zero-order valence-corrected chi connectivity index (χ0v) is 16.8. The molecule has 0 aliphatic carbocycles. The van der Waals surface area contributed by atoms with E-state index < -0.39 is 11.5 Å². The number of alkyl halides is 1. The van der Waals surface area contributed by atoms with Crippen molar-refractivity contribution in [1.82, 2.24) is 14.8 Å². The van der Waals surface area contributed by atoms with E-state index in [-0.39, 0.29) is 30.3 Å². The van der Waals surface area contributed by atoms with Crippen molar-refractivity contribution in [2.45, 2.75) is 32.0 Å². The van der Waals surface area contributed by atoms with Crippen molar-refractivity contribution in [1.29, 1.82) is 0 Å². The number of amides is 1. The first-order valence-corrected chi connectivity index (χ1v) is 9.67. The molecule has 4 nitrogen and oxygen atoms in total. The van der Waals surface area contributed by atoms with Gasteiger partial charge in [-0.2, -0.15) is 0 Å². The van der Waals surface area contributed by atoms with Gasteiger partial charge in [-0.1, -0.05) is 17.7 Å². The average Bonchev–Trinajstić information content (AvgIpc) is 2.65. The number of likely N-dealkylation sites (tertiary alicyclic amines) is 1. The number of carbonyl (C=O) groups excluding carboxylic acids is 1. The van der Waals surface area contributed by atoms with Crippen LogP contribution >= 0.6 is 11.6 Å². The van der Waals surface area contributed by atoms with Crippen molar-refractivity contribution in [3.8, 4) is 0 Å². The lowest BCUT2D eigenvalue weighted by Crippen LogP contribution is -2.49. The summed E-state index contributed by atoms with van der Waals surface area (Å²) >= 11 is 5.76. The van der Waals surface area contributed by atoms with Gasteiger partial charge in [0.15, 0.2) is 0 Å². The fraction of sp³-hybridized carbons (Fsp3) is 0.429. The Hall–Kier alpha value is -2.05. The molecule has 0 bridgehead atoms. The van der Waals surface area contributed by atoms with Crippen LogP contribution in [0.4, 0.5) is 8.78 Å². The van der Waals surface area contributed by atoms with Crippen LogP contribution in [0.2, 0.25) is 5.02 Å². The Balaban J connectivity index is 1.54. The lowest BCUT2D eigenvalue weighted by Gasteiger charge is -2.38. The van der Waals surface area contributed by atoms with Gasteiger partial charge in [0.05, 0.1) is 10.7 Å². The minimum atomic E-state index is -1.35. The van der Waals surface area contributed by atoms with Crippen LogP contribution in [0.1, 0.15) is 34.5 Å². The molecule has 2 aromatic rings. The number of piperidine rings is 1. The summed E-state index contributed by atoms with van der Waals surface area (Å²) in [5.74, 6) is -0.813. The maximum Gasteiger partial charge on any atom is 0.253 e. The Kier molecular flexibility index (Phi) is 6.30. The molecular weight excluding hydrogens is 384 g/mol. The minimum absolute atomic E-state index is 0.0889. The van der Waals surface area contributed by atoms with Gasteiger partial charge < -0.3 is 4.90 Å². The number of aryl methyl sites for hydroxylation is 1. The highest BCUT2D eigenvalue weighted by atomic mass is 35.5. The highest BCUT2D eigenvalue weighted by Crippen LogP contribution is 2.29. The molecule has 1 aromatic heterocycles. The van der Waals surface area contributed by atoms with Gasteiger partial charge in [-0.3, -0.25) is 14.7 Å². The lowest BCUT2D eigenvalue weighted by molar-refractivity contribution is 0.0261. The van der Waals surface area contributed by atoms with E-state index in [1.165, 1.54) is 18.2 Å². The molecule has 1 amide bonds. The van der Waals surface area contributed by atoms with Crippen LogP contribution in [0.25, 0.3) is 0 Å². The fourth-order valence-electron chi connectivity index (χ4n) is 3.49. The first-order valence-electron chi connectivity index (χ1n) is 9.29. The highest BCUT2D eigenvalue weighted by Gasteiger charge is 2.37. The smallest absolute Gasteiger partial charge is 0.253 e. The monoisotopic (exact) mass is 407 g/mol. The molecule has 0 saturated carbocycles. The summed E-state index contributed by atoms with van der Waals surface area (Å²) in [5, 5.41) is -0.0889. The zero-order valence-electron chi connectivity index (χ0n) is 16.1. The van der Waals surface area contributed by atoms with Gasteiger partial charge in [-0.05, 0) is 43.8 Å². The van der Waals surface area contributed by atoms with Crippen molar-refractivity contribution in [2.75, 3.05) is 26.7 Å². The highest BCUT2D eigenvalue weighted by molar-refractivity contribution is 6.31. The Bertz CT molecular complexity index is 836. The second-order valence-corrected chi connectivity index (χ2v) is 7.98. The molecule has 1 aliphatic rings. The van der Waals surface area contributed by atoms with Gasteiger partial charge in [-0.25, -0.2) is 8.78 Å². The summed E-state index contributed by atoms with van der Waals surface area (Å²) in [5.41, 5.74) is 0.960. The maximum absolute atomic E-state index is 15.3. The van der Waals surface area contributed by atoms with E-state index in [2.05, 4.69) is 4.98 Å². The van der Waals surface area contributed by atoms with Gasteiger partial charge in [-0.15, -0.1) is 0 Å². The molecule has 1 saturated heterocycles. The molecule has 2 heterocycles. The number of aromatic nitrogens is 1. The molecule has 1 aromatic carbocycles. The molecule has 0 spiro atoms. The second-order valence-electron chi connectivity index (χ2n) is 7.57. The maximum atomic E-state index is 15.3. The van der Waals surface area contributed by atoms with Gasteiger partial charge in [0.1, 0.15) is 11.5 Å². The Morgan fingerprint density at radius 1 is 1.29 bits per heavy atom. The van der Waals surface area contributed by atoms with Gasteiger partial charge >= 0.3 is 0 Å². The predicted octanol–water partition coefficient (Wildman–Crippen LogP) is 4.26. The largest absolute Gasteiger partial charge is 0.338 e. The van der Waals surface area contributed by atoms with E-state index in [9.17, 15) is 9.18 Å². The Labute approximate surface area is 169 Å². The molecule has 1 fully saturated rings. The number of benzene rings is 1. The molecule has 0 atom stereocenters. The third kappa shape index (κ3) is 5.06. The van der Waals surface area contributed by atoms with Crippen LogP contribution in [-0.4, -0.2) is 53.0 Å². The van der Waals surface area contributed by atoms with Crippen LogP contribution < -0.4 is 0 Å². The van der Waals surface area contributed by atoms with Crippen molar-refractivity contribution in [3.05, 3.63) is 64.2 Å². The predicted molar refractivity (Wildman–Crippen MR) is 106 cm³/mol. The van der Waals surface area contributed by atoms with Crippen molar-refractivity contribution in [3.63, 3.8) is 0 Å². The zero-order chi connectivity index (χ0) is 20.3. The molecule has 0 radical (unpaired) electrons. The normalized spacial score (nSPS) is 16.4. The standard InChI is InChI=1S/C21H24ClF2N3O/c1-15-3-5-17(25-12-15)13-26(2)14-21(24)7-9-27(10-8-21)20(28)16-4-6-19(23)18(22)11-16/h3-6,11-12H,7-10,13-14H2,1-2H3. The quantitative estimate of drug-likeness (QED) is 0.743. The summed E-state index contributed by atoms with van der Waals surface area (Å²) in [6.45, 7) is 3.48. The summed E-state index contributed by atoms with van der Waals surface area (Å²) in [7, 11) is 1.88. The summed E-state index contributed by atoms with van der Waals surface area (Å²) in [6.07, 6.45) is 2.33. The lowest BCUT2D eigenvalue weighted by atomic mass is 9.92. The number of pyridine rings is 1. The molecule has 150 valence electrons. The molecule has 7 heteroatoms. The van der Waals surface area contributed by atoms with E-state index in [1.807, 2.05) is 31.0 Å². The summed E-state index contributed by atoms with van der Waals surface area (Å²) in [6, 6.07) is 7.84. The first kappa shape index (κ1) is 20.7.